The van der Waals surface area contributed by atoms with Gasteiger partial charge in [-0.15, -0.1) is 0 Å². The molecule has 1 rings (SSSR count). The van der Waals surface area contributed by atoms with Crippen LogP contribution in [0.25, 0.3) is 0 Å². The van der Waals surface area contributed by atoms with Gasteiger partial charge in [-0.2, -0.15) is 0 Å². The highest BCUT2D eigenvalue weighted by Crippen LogP contribution is 2.22. The highest BCUT2D eigenvalue weighted by Gasteiger charge is 2.21. The first kappa shape index (κ1) is 17.0. The Morgan fingerprint density at radius 2 is 2.00 bits per heavy atom. The standard InChI is InChI=1S/C16H24N2O3/c1-6-18(7-2)16(19)13(5)21-15-9-8-11(3)10-14(15)12(4)17-20/h8-10,13,20H,6-7H2,1-5H3/b17-12+. The molecule has 21 heavy (non-hydrogen) atoms. The minimum Gasteiger partial charge on any atom is -0.480 e. The van der Waals surface area contributed by atoms with E-state index in [-0.39, 0.29) is 5.91 Å². The number of benzene rings is 1. The second-order valence-electron chi connectivity index (χ2n) is 4.96. The third-order valence-electron chi connectivity index (χ3n) is 3.40. The van der Waals surface area contributed by atoms with Gasteiger partial charge in [0.15, 0.2) is 6.10 Å². The Labute approximate surface area is 126 Å². The fraction of sp³-hybridized carbons (Fsp3) is 0.500. The summed E-state index contributed by atoms with van der Waals surface area (Å²) in [6, 6.07) is 5.57. The Balaban J connectivity index is 3.00. The number of hydrogen-bond acceptors (Lipinski definition) is 4. The molecule has 0 fully saturated rings. The van der Waals surface area contributed by atoms with Gasteiger partial charge in [0.2, 0.25) is 0 Å². The predicted molar refractivity (Wildman–Crippen MR) is 83.2 cm³/mol. The molecule has 1 aromatic rings. The average molecular weight is 292 g/mol. The highest BCUT2D eigenvalue weighted by molar-refractivity contribution is 6.01. The van der Waals surface area contributed by atoms with Gasteiger partial charge < -0.3 is 14.8 Å². The molecule has 0 bridgehead atoms. The molecule has 1 atom stereocenters. The fourth-order valence-electron chi connectivity index (χ4n) is 2.12. The molecule has 0 aliphatic heterocycles. The molecule has 1 aromatic carbocycles. The SMILES string of the molecule is CCN(CC)C(=O)C(C)Oc1ccc(C)cc1/C(C)=N/O. The lowest BCUT2D eigenvalue weighted by Gasteiger charge is -2.24. The van der Waals surface area contributed by atoms with Crippen molar-refractivity contribution in [2.24, 2.45) is 5.16 Å². The first-order chi connectivity index (χ1) is 9.94. The maximum Gasteiger partial charge on any atom is 0.263 e. The molecule has 0 aliphatic carbocycles. The molecule has 0 heterocycles. The number of rotatable bonds is 6. The third kappa shape index (κ3) is 4.21. The van der Waals surface area contributed by atoms with Gasteiger partial charge in [0.1, 0.15) is 5.75 Å². The summed E-state index contributed by atoms with van der Waals surface area (Å²) in [4.78, 5) is 14.0. The van der Waals surface area contributed by atoms with E-state index in [1.54, 1.807) is 24.8 Å². The van der Waals surface area contributed by atoms with Gasteiger partial charge >= 0.3 is 0 Å². The van der Waals surface area contributed by atoms with Crippen molar-refractivity contribution in [3.05, 3.63) is 29.3 Å². The maximum absolute atomic E-state index is 12.2. The van der Waals surface area contributed by atoms with E-state index in [1.165, 1.54) is 0 Å². The summed E-state index contributed by atoms with van der Waals surface area (Å²) in [5.41, 5.74) is 2.18. The Kier molecular flexibility index (Phi) is 6.21. The molecule has 1 N–H and O–H groups in total. The number of oxime groups is 1. The average Bonchev–Trinajstić information content (AvgIpc) is 2.49. The molecular weight excluding hydrogens is 268 g/mol. The van der Waals surface area contributed by atoms with Crippen molar-refractivity contribution in [1.29, 1.82) is 0 Å². The minimum absolute atomic E-state index is 0.0508. The molecule has 5 heteroatoms. The minimum atomic E-state index is -0.585. The number of ether oxygens (including phenoxy) is 1. The van der Waals surface area contributed by atoms with Crippen LogP contribution in [0.2, 0.25) is 0 Å². The van der Waals surface area contributed by atoms with E-state index in [0.717, 1.165) is 5.56 Å². The molecule has 0 spiro atoms. The quantitative estimate of drug-likeness (QED) is 0.498. The van der Waals surface area contributed by atoms with Crippen molar-refractivity contribution in [2.45, 2.75) is 40.7 Å². The van der Waals surface area contributed by atoms with Crippen molar-refractivity contribution in [3.8, 4) is 5.75 Å². The van der Waals surface area contributed by atoms with Crippen LogP contribution >= 0.6 is 0 Å². The Morgan fingerprint density at radius 3 is 2.52 bits per heavy atom. The molecule has 0 aromatic heterocycles. The van der Waals surface area contributed by atoms with E-state index in [4.69, 9.17) is 9.94 Å². The lowest BCUT2D eigenvalue weighted by atomic mass is 10.1. The maximum atomic E-state index is 12.2. The van der Waals surface area contributed by atoms with Crippen molar-refractivity contribution in [2.75, 3.05) is 13.1 Å². The van der Waals surface area contributed by atoms with E-state index < -0.39 is 6.10 Å². The molecule has 1 amide bonds. The lowest BCUT2D eigenvalue weighted by molar-refractivity contribution is -0.137. The van der Waals surface area contributed by atoms with Crippen molar-refractivity contribution in [3.63, 3.8) is 0 Å². The van der Waals surface area contributed by atoms with Gasteiger partial charge in [0.25, 0.3) is 5.91 Å². The first-order valence-electron chi connectivity index (χ1n) is 7.19. The van der Waals surface area contributed by atoms with Crippen LogP contribution in [0, 0.1) is 6.92 Å². The van der Waals surface area contributed by atoms with Crippen LogP contribution < -0.4 is 4.74 Å². The third-order valence-corrected chi connectivity index (χ3v) is 3.40. The van der Waals surface area contributed by atoms with Crippen LogP contribution in [0.1, 0.15) is 38.8 Å². The van der Waals surface area contributed by atoms with Crippen LogP contribution in [0.4, 0.5) is 0 Å². The van der Waals surface area contributed by atoms with Gasteiger partial charge in [0, 0.05) is 18.7 Å². The summed E-state index contributed by atoms with van der Waals surface area (Å²) in [5, 5.41) is 12.2. The van der Waals surface area contributed by atoms with Crippen molar-refractivity contribution < 1.29 is 14.7 Å². The van der Waals surface area contributed by atoms with Crippen molar-refractivity contribution in [1.82, 2.24) is 4.90 Å². The van der Waals surface area contributed by atoms with Crippen LogP contribution in [0.3, 0.4) is 0 Å². The largest absolute Gasteiger partial charge is 0.480 e. The molecule has 116 valence electrons. The molecule has 0 aliphatic rings. The zero-order chi connectivity index (χ0) is 16.0. The smallest absolute Gasteiger partial charge is 0.263 e. The topological polar surface area (TPSA) is 62.1 Å². The van der Waals surface area contributed by atoms with E-state index >= 15 is 0 Å². The Bertz CT molecular complexity index is 522. The van der Waals surface area contributed by atoms with Gasteiger partial charge in [-0.1, -0.05) is 16.8 Å². The van der Waals surface area contributed by atoms with Crippen LogP contribution in [0.15, 0.2) is 23.4 Å². The van der Waals surface area contributed by atoms with Crippen LogP contribution in [-0.2, 0) is 4.79 Å². The molecule has 0 radical (unpaired) electrons. The van der Waals surface area contributed by atoms with Gasteiger partial charge in [0.05, 0.1) is 5.71 Å². The van der Waals surface area contributed by atoms with Gasteiger partial charge in [-0.3, -0.25) is 4.79 Å². The number of carbonyl (C=O) groups excluding carboxylic acids is 1. The summed E-state index contributed by atoms with van der Waals surface area (Å²) in [7, 11) is 0. The number of likely N-dealkylation sites (N-methyl/N-ethyl adjacent to an activating group) is 1. The van der Waals surface area contributed by atoms with E-state index in [1.807, 2.05) is 32.9 Å². The number of hydrogen-bond donors (Lipinski definition) is 1. The number of aryl methyl sites for hydroxylation is 1. The summed E-state index contributed by atoms with van der Waals surface area (Å²) >= 11 is 0. The second kappa shape index (κ2) is 7.67. The molecular formula is C16H24N2O3. The summed E-state index contributed by atoms with van der Waals surface area (Å²) in [6.45, 7) is 10.6. The molecule has 0 saturated carbocycles. The Morgan fingerprint density at radius 1 is 1.38 bits per heavy atom. The number of nitrogens with zero attached hydrogens (tertiary/aromatic N) is 2. The molecule has 5 nitrogen and oxygen atoms in total. The number of amides is 1. The van der Waals surface area contributed by atoms with Gasteiger partial charge in [-0.05, 0) is 46.8 Å². The normalized spacial score (nSPS) is 12.9. The van der Waals surface area contributed by atoms with E-state index in [0.29, 0.717) is 30.1 Å². The number of carbonyl (C=O) groups is 1. The zero-order valence-electron chi connectivity index (χ0n) is 13.4. The lowest BCUT2D eigenvalue weighted by Crippen LogP contribution is -2.40. The van der Waals surface area contributed by atoms with Crippen LogP contribution in [-0.4, -0.2) is 40.9 Å². The summed E-state index contributed by atoms with van der Waals surface area (Å²) in [6.07, 6.45) is -0.585. The predicted octanol–water partition coefficient (Wildman–Crippen LogP) is 2.83. The Hall–Kier alpha value is -2.04. The monoisotopic (exact) mass is 292 g/mol. The summed E-state index contributed by atoms with van der Waals surface area (Å²) in [5.74, 6) is 0.494. The zero-order valence-corrected chi connectivity index (χ0v) is 13.4. The molecule has 1 unspecified atom stereocenters. The fourth-order valence-corrected chi connectivity index (χ4v) is 2.12. The van der Waals surface area contributed by atoms with Crippen LogP contribution in [0.5, 0.6) is 5.75 Å². The summed E-state index contributed by atoms with van der Waals surface area (Å²) < 4.78 is 5.79. The van der Waals surface area contributed by atoms with E-state index in [9.17, 15) is 4.79 Å². The van der Waals surface area contributed by atoms with Crippen molar-refractivity contribution >= 4 is 11.6 Å². The van der Waals surface area contributed by atoms with Gasteiger partial charge in [-0.25, -0.2) is 0 Å². The van der Waals surface area contributed by atoms with E-state index in [2.05, 4.69) is 5.16 Å². The first-order valence-corrected chi connectivity index (χ1v) is 7.19. The second-order valence-corrected chi connectivity index (χ2v) is 4.96. The highest BCUT2D eigenvalue weighted by atomic mass is 16.5. The molecule has 0 saturated heterocycles.